The highest BCUT2D eigenvalue weighted by Gasteiger charge is 2.33. The predicted octanol–water partition coefficient (Wildman–Crippen LogP) is 1.16. The molecular formula is C14H15BrN2O7S. The van der Waals surface area contributed by atoms with Gasteiger partial charge in [-0.15, -0.1) is 0 Å². The molecule has 1 fully saturated rings. The van der Waals surface area contributed by atoms with E-state index in [2.05, 4.69) is 15.9 Å². The number of carbonyl (C=O) groups excluding carboxylic acids is 2. The second kappa shape index (κ2) is 7.48. The fourth-order valence-electron chi connectivity index (χ4n) is 2.38. The van der Waals surface area contributed by atoms with Gasteiger partial charge in [-0.05, 0) is 34.5 Å². The summed E-state index contributed by atoms with van der Waals surface area (Å²) in [5.41, 5.74) is -0.358. The maximum absolute atomic E-state index is 12.0. The van der Waals surface area contributed by atoms with Crippen molar-refractivity contribution < 1.29 is 27.7 Å². The second-order valence-corrected chi connectivity index (χ2v) is 8.64. The molecule has 1 aromatic carbocycles. The number of nitro benzene ring substituents is 1. The van der Waals surface area contributed by atoms with Gasteiger partial charge < -0.3 is 9.64 Å². The second-order valence-electron chi connectivity index (χ2n) is 5.56. The molecule has 0 bridgehead atoms. The summed E-state index contributed by atoms with van der Waals surface area (Å²) in [5, 5.41) is 10.9. The Bertz CT molecular complexity index is 824. The molecule has 0 spiro atoms. The van der Waals surface area contributed by atoms with Crippen LogP contribution in [0.25, 0.3) is 0 Å². The molecule has 1 aromatic rings. The highest BCUT2D eigenvalue weighted by molar-refractivity contribution is 9.10. The van der Waals surface area contributed by atoms with Crippen LogP contribution in [0.2, 0.25) is 0 Å². The van der Waals surface area contributed by atoms with Gasteiger partial charge >= 0.3 is 5.97 Å². The Morgan fingerprint density at radius 1 is 1.44 bits per heavy atom. The topological polar surface area (TPSA) is 124 Å². The van der Waals surface area contributed by atoms with Crippen molar-refractivity contribution in [1.82, 2.24) is 4.90 Å². The number of halogens is 1. The number of esters is 1. The molecule has 1 amide bonds. The minimum atomic E-state index is -3.14. The zero-order valence-electron chi connectivity index (χ0n) is 13.2. The van der Waals surface area contributed by atoms with Crippen molar-refractivity contribution >= 4 is 43.3 Å². The van der Waals surface area contributed by atoms with Gasteiger partial charge in [-0.2, -0.15) is 0 Å². The van der Waals surface area contributed by atoms with Gasteiger partial charge in [0.05, 0.1) is 26.5 Å². The molecule has 1 heterocycles. The van der Waals surface area contributed by atoms with E-state index in [9.17, 15) is 28.1 Å². The van der Waals surface area contributed by atoms with Gasteiger partial charge in [-0.25, -0.2) is 13.2 Å². The Balaban J connectivity index is 1.97. The number of likely N-dealkylation sites (N-methyl/N-ethyl adjacent to an activating group) is 1. The summed E-state index contributed by atoms with van der Waals surface area (Å²) in [5.74, 6) is -1.50. The van der Waals surface area contributed by atoms with Gasteiger partial charge in [0.2, 0.25) is 0 Å². The van der Waals surface area contributed by atoms with Gasteiger partial charge in [0.15, 0.2) is 16.4 Å². The van der Waals surface area contributed by atoms with Gasteiger partial charge in [-0.3, -0.25) is 14.9 Å². The van der Waals surface area contributed by atoms with Gasteiger partial charge in [0.25, 0.3) is 11.6 Å². The van der Waals surface area contributed by atoms with Gasteiger partial charge in [0.1, 0.15) is 0 Å². The largest absolute Gasteiger partial charge is 0.452 e. The van der Waals surface area contributed by atoms with E-state index < -0.39 is 39.3 Å². The van der Waals surface area contributed by atoms with Crippen LogP contribution in [0.5, 0.6) is 0 Å². The normalized spacial score (nSPS) is 18.6. The number of nitrogens with zero attached hydrogens (tertiary/aromatic N) is 2. The monoisotopic (exact) mass is 434 g/mol. The quantitative estimate of drug-likeness (QED) is 0.386. The van der Waals surface area contributed by atoms with Crippen LogP contribution >= 0.6 is 15.9 Å². The van der Waals surface area contributed by atoms with E-state index in [0.717, 1.165) is 6.07 Å². The van der Waals surface area contributed by atoms with Crippen molar-refractivity contribution in [2.75, 3.05) is 25.2 Å². The van der Waals surface area contributed by atoms with Crippen molar-refractivity contribution in [2.24, 2.45) is 0 Å². The van der Waals surface area contributed by atoms with Gasteiger partial charge in [0, 0.05) is 19.2 Å². The van der Waals surface area contributed by atoms with Crippen molar-refractivity contribution in [3.63, 3.8) is 0 Å². The number of benzene rings is 1. The minimum Gasteiger partial charge on any atom is -0.452 e. The van der Waals surface area contributed by atoms with E-state index in [-0.39, 0.29) is 27.2 Å². The molecule has 9 nitrogen and oxygen atoms in total. The molecule has 25 heavy (non-hydrogen) atoms. The summed E-state index contributed by atoms with van der Waals surface area (Å²) in [7, 11) is -1.68. The number of nitro groups is 1. The van der Waals surface area contributed by atoms with Crippen LogP contribution < -0.4 is 0 Å². The SMILES string of the molecule is CN(C(=O)COC(=O)c1ccc(Br)c([N+](=O)[O-])c1)[C@@H]1CCS(=O)(=O)C1. The third-order valence-electron chi connectivity index (χ3n) is 3.85. The first-order chi connectivity index (χ1) is 11.6. The lowest BCUT2D eigenvalue weighted by molar-refractivity contribution is -0.385. The Kier molecular flexibility index (Phi) is 5.78. The van der Waals surface area contributed by atoms with Gasteiger partial charge in [-0.1, -0.05) is 0 Å². The van der Waals surface area contributed by atoms with E-state index in [1.165, 1.54) is 24.1 Å². The molecule has 0 radical (unpaired) electrons. The van der Waals surface area contributed by atoms with E-state index in [4.69, 9.17) is 4.74 Å². The Morgan fingerprint density at radius 3 is 2.68 bits per heavy atom. The molecule has 1 aliphatic heterocycles. The lowest BCUT2D eigenvalue weighted by Crippen LogP contribution is -2.40. The lowest BCUT2D eigenvalue weighted by atomic mass is 10.2. The molecule has 1 atom stereocenters. The van der Waals surface area contributed by atoms with Crippen LogP contribution in [-0.4, -0.2) is 61.3 Å². The number of hydrogen-bond donors (Lipinski definition) is 0. The highest BCUT2D eigenvalue weighted by Crippen LogP contribution is 2.26. The number of amides is 1. The molecule has 136 valence electrons. The molecule has 11 heteroatoms. The van der Waals surface area contributed by atoms with E-state index in [1.807, 2.05) is 0 Å². The number of rotatable bonds is 5. The van der Waals surface area contributed by atoms with Crippen LogP contribution in [0.1, 0.15) is 16.8 Å². The standard InChI is InChI=1S/C14H15BrN2O7S/c1-16(10-4-5-25(22,23)8-10)13(18)7-24-14(19)9-2-3-11(15)12(6-9)17(20)21/h2-3,6,10H,4-5,7-8H2,1H3/t10-/m1/s1. The third-order valence-corrected chi connectivity index (χ3v) is 6.28. The summed E-state index contributed by atoms with van der Waals surface area (Å²) in [6.07, 6.45) is 0.345. The molecule has 0 aromatic heterocycles. The average molecular weight is 435 g/mol. The average Bonchev–Trinajstić information content (AvgIpc) is 2.91. The number of sulfone groups is 1. The van der Waals surface area contributed by atoms with Crippen LogP contribution in [0.3, 0.4) is 0 Å². The zero-order valence-corrected chi connectivity index (χ0v) is 15.6. The Labute approximate surface area is 152 Å². The third kappa shape index (κ3) is 4.75. The van der Waals surface area contributed by atoms with Crippen LogP contribution in [0, 0.1) is 10.1 Å². The van der Waals surface area contributed by atoms with Crippen LogP contribution in [0.4, 0.5) is 5.69 Å². The maximum atomic E-state index is 12.0. The Morgan fingerprint density at radius 2 is 2.12 bits per heavy atom. The summed E-state index contributed by atoms with van der Waals surface area (Å²) < 4.78 is 28.0. The Hall–Kier alpha value is -2.01. The van der Waals surface area contributed by atoms with Crippen molar-refractivity contribution in [3.8, 4) is 0 Å². The number of carbonyl (C=O) groups is 2. The maximum Gasteiger partial charge on any atom is 0.338 e. The smallest absolute Gasteiger partial charge is 0.338 e. The first-order valence-electron chi connectivity index (χ1n) is 7.18. The van der Waals surface area contributed by atoms with E-state index >= 15 is 0 Å². The summed E-state index contributed by atoms with van der Waals surface area (Å²) in [6.45, 7) is -0.574. The summed E-state index contributed by atoms with van der Waals surface area (Å²) in [6, 6.07) is 3.28. The highest BCUT2D eigenvalue weighted by atomic mass is 79.9. The minimum absolute atomic E-state index is 0.0254. The first-order valence-corrected chi connectivity index (χ1v) is 9.79. The molecule has 1 saturated heterocycles. The molecule has 2 rings (SSSR count). The summed E-state index contributed by atoms with van der Waals surface area (Å²) in [4.78, 5) is 35.5. The molecule has 0 unspecified atom stereocenters. The van der Waals surface area contributed by atoms with Crippen molar-refractivity contribution in [2.45, 2.75) is 12.5 Å². The number of hydrogen-bond acceptors (Lipinski definition) is 7. The number of ether oxygens (including phenoxy) is 1. The van der Waals surface area contributed by atoms with Crippen molar-refractivity contribution in [1.29, 1.82) is 0 Å². The molecule has 0 N–H and O–H groups in total. The van der Waals surface area contributed by atoms with Crippen molar-refractivity contribution in [3.05, 3.63) is 38.3 Å². The molecule has 0 saturated carbocycles. The fraction of sp³-hybridized carbons (Fsp3) is 0.429. The van der Waals surface area contributed by atoms with E-state index in [1.54, 1.807) is 0 Å². The molecule has 1 aliphatic rings. The van der Waals surface area contributed by atoms with Crippen LogP contribution in [-0.2, 0) is 19.4 Å². The zero-order chi connectivity index (χ0) is 18.8. The first kappa shape index (κ1) is 19.3. The lowest BCUT2D eigenvalue weighted by Gasteiger charge is -2.23. The summed E-state index contributed by atoms with van der Waals surface area (Å²) >= 11 is 3.00. The molecule has 0 aliphatic carbocycles. The van der Waals surface area contributed by atoms with E-state index in [0.29, 0.717) is 6.42 Å². The fourth-order valence-corrected chi connectivity index (χ4v) is 4.54. The van der Waals surface area contributed by atoms with Crippen LogP contribution in [0.15, 0.2) is 22.7 Å². The predicted molar refractivity (Wildman–Crippen MR) is 90.9 cm³/mol. The molecular weight excluding hydrogens is 420 g/mol.